The lowest BCUT2D eigenvalue weighted by molar-refractivity contribution is 0.199. The van der Waals surface area contributed by atoms with Gasteiger partial charge >= 0.3 is 0 Å². The summed E-state index contributed by atoms with van der Waals surface area (Å²) < 4.78 is 32.8. The monoisotopic (exact) mass is 255 g/mol. The van der Waals surface area contributed by atoms with Crippen LogP contribution in [-0.4, -0.2) is 36.4 Å². The molecule has 0 amide bonds. The lowest BCUT2D eigenvalue weighted by Gasteiger charge is -2.06. The summed E-state index contributed by atoms with van der Waals surface area (Å²) in [5.74, 6) is -1.72. The number of hydrogen-bond donors (Lipinski definition) is 1. The molecule has 2 rings (SSSR count). The maximum absolute atomic E-state index is 13.1. The van der Waals surface area contributed by atoms with Crippen LogP contribution in [0.5, 0.6) is 0 Å². The van der Waals surface area contributed by atoms with Gasteiger partial charge in [0.1, 0.15) is 0 Å². The molecule has 0 saturated heterocycles. The highest BCUT2D eigenvalue weighted by Gasteiger charge is 2.08. The molecule has 1 aromatic heterocycles. The first kappa shape index (κ1) is 12.9. The SMILES string of the molecule is COCCNCCn1cnc2cc(F)c(F)cc21. The highest BCUT2D eigenvalue weighted by atomic mass is 19.2. The number of aromatic nitrogens is 2. The van der Waals surface area contributed by atoms with Crippen molar-refractivity contribution in [1.82, 2.24) is 14.9 Å². The van der Waals surface area contributed by atoms with Gasteiger partial charge in [0.15, 0.2) is 11.6 Å². The first-order valence-corrected chi connectivity index (χ1v) is 5.72. The van der Waals surface area contributed by atoms with Crippen molar-refractivity contribution in [2.45, 2.75) is 6.54 Å². The molecule has 98 valence electrons. The molecule has 18 heavy (non-hydrogen) atoms. The summed E-state index contributed by atoms with van der Waals surface area (Å²) in [5, 5.41) is 3.17. The fraction of sp³-hybridized carbons (Fsp3) is 0.417. The van der Waals surface area contributed by atoms with Gasteiger partial charge in [0, 0.05) is 38.9 Å². The van der Waals surface area contributed by atoms with E-state index in [9.17, 15) is 8.78 Å². The van der Waals surface area contributed by atoms with Crippen molar-refractivity contribution in [2.75, 3.05) is 26.8 Å². The quantitative estimate of drug-likeness (QED) is 0.796. The third kappa shape index (κ3) is 2.83. The van der Waals surface area contributed by atoms with Crippen molar-refractivity contribution in [3.05, 3.63) is 30.1 Å². The third-order valence-electron chi connectivity index (χ3n) is 2.68. The zero-order valence-electron chi connectivity index (χ0n) is 10.1. The maximum atomic E-state index is 13.1. The Morgan fingerprint density at radius 1 is 1.28 bits per heavy atom. The van der Waals surface area contributed by atoms with Crippen LogP contribution >= 0.6 is 0 Å². The second-order valence-electron chi connectivity index (χ2n) is 3.94. The normalized spacial score (nSPS) is 11.3. The molecule has 0 aliphatic heterocycles. The largest absolute Gasteiger partial charge is 0.383 e. The lowest BCUT2D eigenvalue weighted by atomic mass is 10.3. The molecule has 0 atom stereocenters. The number of benzene rings is 1. The van der Waals surface area contributed by atoms with E-state index < -0.39 is 11.6 Å². The number of methoxy groups -OCH3 is 1. The molecule has 0 bridgehead atoms. The number of halogens is 2. The molecule has 2 aromatic rings. The summed E-state index contributed by atoms with van der Waals surface area (Å²) in [7, 11) is 1.64. The second kappa shape index (κ2) is 5.88. The Bertz CT molecular complexity index is 527. The van der Waals surface area contributed by atoms with E-state index >= 15 is 0 Å². The van der Waals surface area contributed by atoms with Gasteiger partial charge in [0.05, 0.1) is 24.0 Å². The Balaban J connectivity index is 2.03. The van der Waals surface area contributed by atoms with Gasteiger partial charge in [-0.3, -0.25) is 0 Å². The van der Waals surface area contributed by atoms with Crippen LogP contribution in [0.25, 0.3) is 11.0 Å². The number of hydrogen-bond acceptors (Lipinski definition) is 3. The molecule has 1 N–H and O–H groups in total. The standard InChI is InChI=1S/C12H15F2N3O/c1-18-5-3-15-2-4-17-8-16-11-6-9(13)10(14)7-12(11)17/h6-8,15H,2-5H2,1H3. The Labute approximate surface area is 104 Å². The van der Waals surface area contributed by atoms with Crippen LogP contribution in [0.3, 0.4) is 0 Å². The van der Waals surface area contributed by atoms with Crippen molar-refractivity contribution in [3.8, 4) is 0 Å². The van der Waals surface area contributed by atoms with Crippen LogP contribution in [0, 0.1) is 11.6 Å². The van der Waals surface area contributed by atoms with Gasteiger partial charge in [-0.1, -0.05) is 0 Å². The van der Waals surface area contributed by atoms with Crippen LogP contribution in [0.2, 0.25) is 0 Å². The fourth-order valence-corrected chi connectivity index (χ4v) is 1.73. The van der Waals surface area contributed by atoms with Gasteiger partial charge in [-0.15, -0.1) is 0 Å². The molecule has 0 aliphatic rings. The van der Waals surface area contributed by atoms with Crippen LogP contribution in [0.4, 0.5) is 8.78 Å². The summed E-state index contributed by atoms with van der Waals surface area (Å²) in [6.07, 6.45) is 1.58. The van der Waals surface area contributed by atoms with Crippen molar-refractivity contribution in [2.24, 2.45) is 0 Å². The molecular weight excluding hydrogens is 240 g/mol. The number of rotatable bonds is 6. The molecule has 0 unspecified atom stereocenters. The first-order valence-electron chi connectivity index (χ1n) is 5.72. The van der Waals surface area contributed by atoms with Gasteiger partial charge in [-0.2, -0.15) is 0 Å². The van der Waals surface area contributed by atoms with E-state index in [-0.39, 0.29) is 0 Å². The Morgan fingerprint density at radius 3 is 2.83 bits per heavy atom. The van der Waals surface area contributed by atoms with Crippen molar-refractivity contribution >= 4 is 11.0 Å². The summed E-state index contributed by atoms with van der Waals surface area (Å²) >= 11 is 0. The fourth-order valence-electron chi connectivity index (χ4n) is 1.73. The summed E-state index contributed by atoms with van der Waals surface area (Å²) in [6, 6.07) is 2.28. The highest BCUT2D eigenvalue weighted by molar-refractivity contribution is 5.75. The van der Waals surface area contributed by atoms with E-state index in [0.717, 1.165) is 12.6 Å². The molecule has 1 aromatic carbocycles. The molecule has 6 heteroatoms. The smallest absolute Gasteiger partial charge is 0.161 e. The molecule has 0 aliphatic carbocycles. The predicted octanol–water partition coefficient (Wildman–Crippen LogP) is 1.55. The van der Waals surface area contributed by atoms with Crippen molar-refractivity contribution < 1.29 is 13.5 Å². The molecule has 0 radical (unpaired) electrons. The summed E-state index contributed by atoms with van der Waals surface area (Å²) in [5.41, 5.74) is 1.06. The molecule has 0 spiro atoms. The number of fused-ring (bicyclic) bond motifs is 1. The number of imidazole rings is 1. The van der Waals surface area contributed by atoms with E-state index in [0.29, 0.717) is 30.7 Å². The molecule has 1 heterocycles. The highest BCUT2D eigenvalue weighted by Crippen LogP contribution is 2.17. The van der Waals surface area contributed by atoms with Gasteiger partial charge in [0.25, 0.3) is 0 Å². The van der Waals surface area contributed by atoms with E-state index in [4.69, 9.17) is 4.74 Å². The van der Waals surface area contributed by atoms with Gasteiger partial charge in [-0.25, -0.2) is 13.8 Å². The minimum atomic E-state index is -0.869. The number of nitrogens with one attached hydrogen (secondary N) is 1. The van der Waals surface area contributed by atoms with Crippen LogP contribution < -0.4 is 5.32 Å². The van der Waals surface area contributed by atoms with Gasteiger partial charge in [-0.05, 0) is 0 Å². The summed E-state index contributed by atoms with van der Waals surface area (Å²) in [4.78, 5) is 4.04. The first-order chi connectivity index (χ1) is 8.72. The third-order valence-corrected chi connectivity index (χ3v) is 2.68. The Hall–Kier alpha value is -1.53. The zero-order valence-corrected chi connectivity index (χ0v) is 10.1. The predicted molar refractivity (Wildman–Crippen MR) is 64.4 cm³/mol. The van der Waals surface area contributed by atoms with Gasteiger partial charge in [0.2, 0.25) is 0 Å². The zero-order chi connectivity index (χ0) is 13.0. The number of ether oxygens (including phenoxy) is 1. The average molecular weight is 255 g/mol. The van der Waals surface area contributed by atoms with Gasteiger partial charge < -0.3 is 14.6 Å². The van der Waals surface area contributed by atoms with Crippen molar-refractivity contribution in [3.63, 3.8) is 0 Å². The van der Waals surface area contributed by atoms with Crippen LogP contribution in [-0.2, 0) is 11.3 Å². The van der Waals surface area contributed by atoms with Crippen LogP contribution in [0.15, 0.2) is 18.5 Å². The summed E-state index contributed by atoms with van der Waals surface area (Å²) in [6.45, 7) is 2.76. The molecular formula is C12H15F2N3O. The Morgan fingerprint density at radius 2 is 2.06 bits per heavy atom. The van der Waals surface area contributed by atoms with E-state index in [1.165, 1.54) is 6.07 Å². The Kier molecular flexibility index (Phi) is 4.22. The minimum absolute atomic E-state index is 0.464. The average Bonchev–Trinajstić information content (AvgIpc) is 2.72. The van der Waals surface area contributed by atoms with Crippen LogP contribution in [0.1, 0.15) is 0 Å². The maximum Gasteiger partial charge on any atom is 0.161 e. The van der Waals surface area contributed by atoms with Crippen molar-refractivity contribution in [1.29, 1.82) is 0 Å². The topological polar surface area (TPSA) is 39.1 Å². The second-order valence-corrected chi connectivity index (χ2v) is 3.94. The molecule has 0 fully saturated rings. The molecule has 4 nitrogen and oxygen atoms in total. The lowest BCUT2D eigenvalue weighted by Crippen LogP contribution is -2.23. The molecule has 0 saturated carbocycles. The van der Waals surface area contributed by atoms with E-state index in [2.05, 4.69) is 10.3 Å². The minimum Gasteiger partial charge on any atom is -0.383 e. The van der Waals surface area contributed by atoms with E-state index in [1.54, 1.807) is 18.0 Å². The van der Waals surface area contributed by atoms with E-state index in [1.807, 2.05) is 0 Å². The number of nitrogens with zero attached hydrogens (tertiary/aromatic N) is 2.